The fourth-order valence-electron chi connectivity index (χ4n) is 3.76. The first-order valence-electron chi connectivity index (χ1n) is 10.9. The molecule has 172 valence electrons. The highest BCUT2D eigenvalue weighted by Crippen LogP contribution is 2.19. The Hall–Kier alpha value is -2.16. The average molecular weight is 473 g/mol. The summed E-state index contributed by atoms with van der Waals surface area (Å²) in [5.41, 5.74) is 1.74. The number of fused-ring (bicyclic) bond motifs is 1. The Morgan fingerprint density at radius 2 is 1.88 bits per heavy atom. The summed E-state index contributed by atoms with van der Waals surface area (Å²) in [5, 5.41) is 5.27. The van der Waals surface area contributed by atoms with Crippen molar-refractivity contribution in [3.63, 3.8) is 0 Å². The number of carbonyl (C=O) groups excluding carboxylic acids is 1. The lowest BCUT2D eigenvalue weighted by molar-refractivity contribution is -0.127. The van der Waals surface area contributed by atoms with Crippen LogP contribution in [-0.4, -0.2) is 56.7 Å². The molecule has 0 radical (unpaired) electrons. The molecule has 2 aromatic heterocycles. The highest BCUT2D eigenvalue weighted by Gasteiger charge is 2.18. The van der Waals surface area contributed by atoms with Crippen LogP contribution in [0, 0.1) is 0 Å². The number of para-hydroxylation sites is 1. The van der Waals surface area contributed by atoms with Gasteiger partial charge in [-0.05, 0) is 62.2 Å². The molecule has 0 atom stereocenters. The first-order valence-corrected chi connectivity index (χ1v) is 12.8. The van der Waals surface area contributed by atoms with Crippen LogP contribution in [0.1, 0.15) is 33.3 Å². The molecule has 6 nitrogen and oxygen atoms in total. The monoisotopic (exact) mass is 472 g/mol. The average Bonchev–Trinajstić information content (AvgIpc) is 3.26. The Balaban J connectivity index is 1.81. The summed E-state index contributed by atoms with van der Waals surface area (Å²) >= 11 is 2.96. The molecule has 0 aliphatic carbocycles. The Kier molecular flexibility index (Phi) is 8.51. The van der Waals surface area contributed by atoms with Crippen molar-refractivity contribution in [3.8, 4) is 0 Å². The molecule has 8 heteroatoms. The Morgan fingerprint density at radius 3 is 2.53 bits per heavy atom. The summed E-state index contributed by atoms with van der Waals surface area (Å²) in [5.74, 6) is 0.255. The lowest BCUT2D eigenvalue weighted by atomic mass is 10.2. The second-order valence-corrected chi connectivity index (χ2v) is 10.2. The number of benzene rings is 1. The zero-order valence-corrected chi connectivity index (χ0v) is 21.1. The molecule has 0 bridgehead atoms. The normalized spacial score (nSPS) is 11.8. The van der Waals surface area contributed by atoms with Crippen LogP contribution in [0.3, 0.4) is 0 Å². The molecule has 0 aliphatic rings. The highest BCUT2D eigenvalue weighted by atomic mass is 32.2. The van der Waals surface area contributed by atoms with E-state index in [1.165, 1.54) is 11.8 Å². The van der Waals surface area contributed by atoms with Crippen LogP contribution < -0.4 is 5.56 Å². The molecule has 0 unspecified atom stereocenters. The number of thiophene rings is 1. The third-order valence-electron chi connectivity index (χ3n) is 5.49. The van der Waals surface area contributed by atoms with Crippen molar-refractivity contribution in [2.45, 2.75) is 58.0 Å². The largest absolute Gasteiger partial charge is 0.341 e. The SMILES string of the molecule is CC(C)N(CCn1c(SCC(=O)N(C)Cc2ccsc2)nc2ccccc2c1=O)C(C)C. The molecule has 32 heavy (non-hydrogen) atoms. The van der Waals surface area contributed by atoms with E-state index < -0.39 is 0 Å². The minimum atomic E-state index is -0.0513. The number of thioether (sulfide) groups is 1. The van der Waals surface area contributed by atoms with Crippen LogP contribution in [0.2, 0.25) is 0 Å². The van der Waals surface area contributed by atoms with Gasteiger partial charge in [-0.3, -0.25) is 19.1 Å². The van der Waals surface area contributed by atoms with E-state index in [9.17, 15) is 9.59 Å². The summed E-state index contributed by atoms with van der Waals surface area (Å²) < 4.78 is 1.73. The van der Waals surface area contributed by atoms with Gasteiger partial charge in [-0.25, -0.2) is 4.98 Å². The van der Waals surface area contributed by atoms with Gasteiger partial charge < -0.3 is 4.90 Å². The molecule has 0 spiro atoms. The van der Waals surface area contributed by atoms with E-state index in [0.717, 1.165) is 12.1 Å². The van der Waals surface area contributed by atoms with Crippen LogP contribution in [0.4, 0.5) is 0 Å². The molecule has 2 heterocycles. The number of rotatable bonds is 10. The topological polar surface area (TPSA) is 58.4 Å². The van der Waals surface area contributed by atoms with Crippen molar-refractivity contribution in [3.05, 3.63) is 57.0 Å². The van der Waals surface area contributed by atoms with Crippen molar-refractivity contribution in [1.82, 2.24) is 19.4 Å². The van der Waals surface area contributed by atoms with Gasteiger partial charge in [0, 0.05) is 38.8 Å². The van der Waals surface area contributed by atoms with E-state index in [1.807, 2.05) is 42.8 Å². The molecule has 1 aromatic carbocycles. The van der Waals surface area contributed by atoms with Gasteiger partial charge in [-0.15, -0.1) is 0 Å². The third kappa shape index (κ3) is 5.99. The van der Waals surface area contributed by atoms with Gasteiger partial charge in [0.1, 0.15) is 0 Å². The Labute approximate surface area is 198 Å². The van der Waals surface area contributed by atoms with Gasteiger partial charge in [-0.2, -0.15) is 11.3 Å². The van der Waals surface area contributed by atoms with E-state index in [4.69, 9.17) is 4.98 Å². The van der Waals surface area contributed by atoms with Crippen molar-refractivity contribution in [1.29, 1.82) is 0 Å². The predicted octanol–water partition coefficient (Wildman–Crippen LogP) is 4.33. The number of aromatic nitrogens is 2. The first kappa shape index (κ1) is 24.5. The van der Waals surface area contributed by atoms with E-state index >= 15 is 0 Å². The fraction of sp³-hybridized carbons (Fsp3) is 0.458. The Bertz CT molecular complexity index is 1090. The minimum absolute atomic E-state index is 0.0149. The van der Waals surface area contributed by atoms with Crippen molar-refractivity contribution in [2.75, 3.05) is 19.3 Å². The quantitative estimate of drug-likeness (QED) is 0.325. The van der Waals surface area contributed by atoms with Crippen LogP contribution in [0.25, 0.3) is 10.9 Å². The van der Waals surface area contributed by atoms with Gasteiger partial charge in [0.15, 0.2) is 5.16 Å². The van der Waals surface area contributed by atoms with Crippen LogP contribution in [-0.2, 0) is 17.9 Å². The standard InChI is InChI=1S/C24H32N4O2S2/c1-17(2)27(18(3)4)11-12-28-23(30)20-8-6-7-9-21(20)25-24(28)32-16-22(29)26(5)14-19-10-13-31-15-19/h6-10,13,15,17-18H,11-12,14,16H2,1-5H3. The van der Waals surface area contributed by atoms with Gasteiger partial charge in [0.05, 0.1) is 16.7 Å². The fourth-order valence-corrected chi connectivity index (χ4v) is 5.39. The second-order valence-electron chi connectivity index (χ2n) is 8.46. The molecule has 0 saturated heterocycles. The lowest BCUT2D eigenvalue weighted by Crippen LogP contribution is -2.40. The summed E-state index contributed by atoms with van der Waals surface area (Å²) in [4.78, 5) is 34.8. The summed E-state index contributed by atoms with van der Waals surface area (Å²) in [6, 6.07) is 10.2. The van der Waals surface area contributed by atoms with Crippen LogP contribution in [0.5, 0.6) is 0 Å². The van der Waals surface area contributed by atoms with Crippen LogP contribution >= 0.6 is 23.1 Å². The van der Waals surface area contributed by atoms with Crippen molar-refractivity contribution >= 4 is 39.9 Å². The van der Waals surface area contributed by atoms with Gasteiger partial charge in [-0.1, -0.05) is 23.9 Å². The number of nitrogens with zero attached hydrogens (tertiary/aromatic N) is 4. The molecular formula is C24H32N4O2S2. The van der Waals surface area contributed by atoms with Gasteiger partial charge in [0.2, 0.25) is 5.91 Å². The predicted molar refractivity (Wildman–Crippen MR) is 134 cm³/mol. The maximum absolute atomic E-state index is 13.3. The van der Waals surface area contributed by atoms with E-state index in [0.29, 0.717) is 41.2 Å². The lowest BCUT2D eigenvalue weighted by Gasteiger charge is -2.30. The maximum Gasteiger partial charge on any atom is 0.262 e. The maximum atomic E-state index is 13.3. The molecule has 0 aliphatic heterocycles. The number of carbonyl (C=O) groups is 1. The Morgan fingerprint density at radius 1 is 1.16 bits per heavy atom. The van der Waals surface area contributed by atoms with E-state index in [-0.39, 0.29) is 17.2 Å². The highest BCUT2D eigenvalue weighted by molar-refractivity contribution is 7.99. The van der Waals surface area contributed by atoms with Crippen molar-refractivity contribution < 1.29 is 4.79 Å². The molecule has 0 fully saturated rings. The first-order chi connectivity index (χ1) is 15.3. The smallest absolute Gasteiger partial charge is 0.262 e. The zero-order valence-electron chi connectivity index (χ0n) is 19.4. The molecule has 1 amide bonds. The summed E-state index contributed by atoms with van der Waals surface area (Å²) in [6.45, 7) is 10.5. The van der Waals surface area contributed by atoms with Gasteiger partial charge in [0.25, 0.3) is 5.56 Å². The third-order valence-corrected chi connectivity index (χ3v) is 7.18. The number of hydrogen-bond donors (Lipinski definition) is 0. The van der Waals surface area contributed by atoms with Gasteiger partial charge >= 0.3 is 0 Å². The van der Waals surface area contributed by atoms with Crippen LogP contribution in [0.15, 0.2) is 51.0 Å². The van der Waals surface area contributed by atoms with E-state index in [2.05, 4.69) is 38.0 Å². The molecule has 3 rings (SSSR count). The second kappa shape index (κ2) is 11.1. The summed E-state index contributed by atoms with van der Waals surface area (Å²) in [6.07, 6.45) is 0. The molecular weight excluding hydrogens is 440 g/mol. The van der Waals surface area contributed by atoms with Crippen molar-refractivity contribution in [2.24, 2.45) is 0 Å². The number of hydrogen-bond acceptors (Lipinski definition) is 6. The number of amides is 1. The molecule has 0 N–H and O–H groups in total. The van der Waals surface area contributed by atoms with E-state index in [1.54, 1.807) is 20.8 Å². The summed E-state index contributed by atoms with van der Waals surface area (Å²) in [7, 11) is 1.81. The minimum Gasteiger partial charge on any atom is -0.341 e. The molecule has 0 saturated carbocycles. The zero-order chi connectivity index (χ0) is 23.3. The molecule has 3 aromatic rings.